The number of carbonyl (C=O) groups is 1. The summed E-state index contributed by atoms with van der Waals surface area (Å²) in [6.45, 7) is 3.06. The topological polar surface area (TPSA) is 76.4 Å². The summed E-state index contributed by atoms with van der Waals surface area (Å²) in [7, 11) is 5.23. The van der Waals surface area contributed by atoms with Crippen LogP contribution in [0.4, 0.5) is 0 Å². The fourth-order valence-corrected chi connectivity index (χ4v) is 4.70. The van der Waals surface area contributed by atoms with Gasteiger partial charge in [-0.15, -0.1) is 0 Å². The highest BCUT2D eigenvalue weighted by Crippen LogP contribution is 2.26. The Kier molecular flexibility index (Phi) is 6.46. The molecule has 0 radical (unpaired) electrons. The van der Waals surface area contributed by atoms with Crippen molar-refractivity contribution in [3.63, 3.8) is 0 Å². The third-order valence-corrected chi connectivity index (χ3v) is 6.57. The number of rotatable bonds is 7. The van der Waals surface area contributed by atoms with Crippen LogP contribution >= 0.6 is 0 Å². The highest BCUT2D eigenvalue weighted by atomic mass is 16.5. The molecule has 0 saturated carbocycles. The fraction of sp³-hybridized carbons (Fsp3) is 0.333. The van der Waals surface area contributed by atoms with Crippen LogP contribution in [-0.2, 0) is 32.5 Å². The van der Waals surface area contributed by atoms with Gasteiger partial charge in [-0.2, -0.15) is 5.10 Å². The van der Waals surface area contributed by atoms with E-state index in [9.17, 15) is 4.79 Å². The molecular weight excluding hydrogens is 440 g/mol. The van der Waals surface area contributed by atoms with Gasteiger partial charge in [-0.25, -0.2) is 0 Å². The summed E-state index contributed by atoms with van der Waals surface area (Å²) in [6.07, 6.45) is 5.15. The SMILES string of the molecule is COc1ccc(CCn2nc(C(=O)N(C)C)c3c2CCN(Cc2cccc4nccnc24)C3)cc1. The molecule has 0 aliphatic carbocycles. The Morgan fingerprint density at radius 2 is 1.89 bits per heavy atom. The van der Waals surface area contributed by atoms with Gasteiger partial charge in [0, 0.05) is 70.3 Å². The number of hydrogen-bond donors (Lipinski definition) is 0. The average Bonchev–Trinajstić information content (AvgIpc) is 3.25. The molecule has 0 unspecified atom stereocenters. The number of aromatic nitrogens is 4. The molecule has 1 amide bonds. The van der Waals surface area contributed by atoms with Crippen LogP contribution in [0.3, 0.4) is 0 Å². The average molecular weight is 471 g/mol. The first-order valence-corrected chi connectivity index (χ1v) is 11.9. The van der Waals surface area contributed by atoms with Crippen LogP contribution in [-0.4, -0.2) is 63.2 Å². The summed E-state index contributed by atoms with van der Waals surface area (Å²) in [5, 5.41) is 4.80. The van der Waals surface area contributed by atoms with Crippen molar-refractivity contribution in [2.45, 2.75) is 32.5 Å². The Hall–Kier alpha value is -3.78. The maximum Gasteiger partial charge on any atom is 0.274 e. The van der Waals surface area contributed by atoms with E-state index in [2.05, 4.69) is 33.1 Å². The molecule has 3 heterocycles. The van der Waals surface area contributed by atoms with Gasteiger partial charge in [-0.1, -0.05) is 24.3 Å². The van der Waals surface area contributed by atoms with Crippen molar-refractivity contribution < 1.29 is 9.53 Å². The minimum absolute atomic E-state index is 0.0534. The first-order valence-electron chi connectivity index (χ1n) is 11.9. The Bertz CT molecular complexity index is 1340. The Labute approximate surface area is 205 Å². The van der Waals surface area contributed by atoms with Crippen LogP contribution in [0, 0.1) is 0 Å². The van der Waals surface area contributed by atoms with Gasteiger partial charge >= 0.3 is 0 Å². The molecule has 0 spiro atoms. The van der Waals surface area contributed by atoms with Crippen molar-refractivity contribution in [2.24, 2.45) is 0 Å². The van der Waals surface area contributed by atoms with Crippen molar-refractivity contribution in [1.29, 1.82) is 0 Å². The Morgan fingerprint density at radius 1 is 1.09 bits per heavy atom. The van der Waals surface area contributed by atoms with Crippen LogP contribution in [0.25, 0.3) is 11.0 Å². The quantitative estimate of drug-likeness (QED) is 0.412. The van der Waals surface area contributed by atoms with E-state index in [1.165, 1.54) is 5.56 Å². The molecule has 0 N–H and O–H groups in total. The van der Waals surface area contributed by atoms with Crippen LogP contribution < -0.4 is 4.74 Å². The summed E-state index contributed by atoms with van der Waals surface area (Å²) in [4.78, 5) is 26.0. The number of benzene rings is 2. The van der Waals surface area contributed by atoms with E-state index in [0.29, 0.717) is 12.2 Å². The minimum atomic E-state index is -0.0534. The highest BCUT2D eigenvalue weighted by molar-refractivity contribution is 5.93. The molecular formula is C27H30N6O2. The summed E-state index contributed by atoms with van der Waals surface area (Å²) in [5.41, 5.74) is 6.95. The van der Waals surface area contributed by atoms with Gasteiger partial charge in [0.1, 0.15) is 5.75 Å². The molecule has 35 heavy (non-hydrogen) atoms. The number of amides is 1. The molecule has 5 rings (SSSR count). The number of aryl methyl sites for hydroxylation is 2. The minimum Gasteiger partial charge on any atom is -0.497 e. The summed E-state index contributed by atoms with van der Waals surface area (Å²) >= 11 is 0. The van der Waals surface area contributed by atoms with Gasteiger partial charge in [-0.05, 0) is 35.7 Å². The van der Waals surface area contributed by atoms with Crippen LogP contribution in [0.1, 0.15) is 32.9 Å². The largest absolute Gasteiger partial charge is 0.497 e. The number of ether oxygens (including phenoxy) is 1. The zero-order valence-electron chi connectivity index (χ0n) is 20.4. The van der Waals surface area contributed by atoms with Gasteiger partial charge in [0.25, 0.3) is 5.91 Å². The number of hydrogen-bond acceptors (Lipinski definition) is 6. The maximum atomic E-state index is 13.0. The maximum absolute atomic E-state index is 13.0. The monoisotopic (exact) mass is 470 g/mol. The molecule has 2 aromatic heterocycles. The molecule has 8 nitrogen and oxygen atoms in total. The summed E-state index contributed by atoms with van der Waals surface area (Å²) < 4.78 is 7.30. The highest BCUT2D eigenvalue weighted by Gasteiger charge is 2.29. The van der Waals surface area contributed by atoms with Crippen molar-refractivity contribution in [3.05, 3.63) is 82.9 Å². The second kappa shape index (κ2) is 9.84. The van der Waals surface area contributed by atoms with Gasteiger partial charge in [0.15, 0.2) is 5.69 Å². The van der Waals surface area contributed by atoms with E-state index < -0.39 is 0 Å². The molecule has 0 saturated heterocycles. The molecule has 180 valence electrons. The van der Waals surface area contributed by atoms with E-state index >= 15 is 0 Å². The first kappa shape index (κ1) is 23.0. The number of methoxy groups -OCH3 is 1. The van der Waals surface area contributed by atoms with E-state index in [0.717, 1.165) is 66.1 Å². The lowest BCUT2D eigenvalue weighted by Crippen LogP contribution is -2.32. The number of carbonyl (C=O) groups excluding carboxylic acids is 1. The third kappa shape index (κ3) is 4.74. The molecule has 0 fully saturated rings. The van der Waals surface area contributed by atoms with Gasteiger partial charge in [0.2, 0.25) is 0 Å². The van der Waals surface area contributed by atoms with Crippen LogP contribution in [0.15, 0.2) is 54.9 Å². The predicted molar refractivity (Wildman–Crippen MR) is 134 cm³/mol. The van der Waals surface area contributed by atoms with Crippen molar-refractivity contribution >= 4 is 16.9 Å². The zero-order valence-corrected chi connectivity index (χ0v) is 20.4. The van der Waals surface area contributed by atoms with Gasteiger partial charge in [-0.3, -0.25) is 24.3 Å². The van der Waals surface area contributed by atoms with E-state index in [4.69, 9.17) is 9.84 Å². The normalized spacial score (nSPS) is 13.6. The summed E-state index contributed by atoms with van der Waals surface area (Å²) in [6, 6.07) is 14.2. The number of para-hydroxylation sites is 1. The summed E-state index contributed by atoms with van der Waals surface area (Å²) in [5.74, 6) is 0.795. The molecule has 1 aliphatic heterocycles. The smallest absolute Gasteiger partial charge is 0.274 e. The number of nitrogens with zero attached hydrogens (tertiary/aromatic N) is 6. The standard InChI is InChI=1S/C27H30N6O2/c1-31(2)27(34)26-22-18-32(17-20-5-4-6-23-25(20)29-14-13-28-23)15-12-24(22)33(30-26)16-11-19-7-9-21(35-3)10-8-19/h4-10,13-14H,11-12,15-18H2,1-3H3. The van der Waals surface area contributed by atoms with Gasteiger partial charge in [0.05, 0.1) is 18.1 Å². The van der Waals surface area contributed by atoms with Gasteiger partial charge < -0.3 is 9.64 Å². The second-order valence-corrected chi connectivity index (χ2v) is 9.10. The fourth-order valence-electron chi connectivity index (χ4n) is 4.70. The third-order valence-electron chi connectivity index (χ3n) is 6.57. The van der Waals surface area contributed by atoms with E-state index in [1.54, 1.807) is 38.5 Å². The molecule has 8 heteroatoms. The van der Waals surface area contributed by atoms with Crippen molar-refractivity contribution in [2.75, 3.05) is 27.7 Å². The first-order chi connectivity index (χ1) is 17.0. The lowest BCUT2D eigenvalue weighted by molar-refractivity contribution is 0.0818. The van der Waals surface area contributed by atoms with Crippen molar-refractivity contribution in [1.82, 2.24) is 29.5 Å². The Balaban J connectivity index is 1.39. The predicted octanol–water partition coefficient (Wildman–Crippen LogP) is 3.34. The van der Waals surface area contributed by atoms with Crippen LogP contribution in [0.5, 0.6) is 5.75 Å². The van der Waals surface area contributed by atoms with Crippen molar-refractivity contribution in [3.8, 4) is 5.75 Å². The Morgan fingerprint density at radius 3 is 2.66 bits per heavy atom. The number of fused-ring (bicyclic) bond motifs is 2. The zero-order chi connectivity index (χ0) is 24.4. The molecule has 0 atom stereocenters. The van der Waals surface area contributed by atoms with E-state index in [1.807, 2.05) is 28.9 Å². The molecule has 1 aliphatic rings. The lowest BCUT2D eigenvalue weighted by Gasteiger charge is -2.28. The lowest BCUT2D eigenvalue weighted by atomic mass is 10.0. The second-order valence-electron chi connectivity index (χ2n) is 9.10. The van der Waals surface area contributed by atoms with E-state index in [-0.39, 0.29) is 5.91 Å². The van der Waals surface area contributed by atoms with Crippen LogP contribution in [0.2, 0.25) is 0 Å². The molecule has 2 aromatic carbocycles. The molecule has 4 aromatic rings. The molecule has 0 bridgehead atoms.